The van der Waals surface area contributed by atoms with Crippen LogP contribution in [0.25, 0.3) is 11.0 Å². The number of hydrogen-bond donors (Lipinski definition) is 1. The highest BCUT2D eigenvalue weighted by atomic mass is 16.2. The second-order valence-corrected chi connectivity index (χ2v) is 7.68. The van der Waals surface area contributed by atoms with E-state index < -0.39 is 0 Å². The van der Waals surface area contributed by atoms with Gasteiger partial charge in [-0.05, 0) is 48.2 Å². The first-order valence-electron chi connectivity index (χ1n) is 9.96. The number of benzene rings is 1. The van der Waals surface area contributed by atoms with Gasteiger partial charge in [-0.1, -0.05) is 18.6 Å². The van der Waals surface area contributed by atoms with Crippen LogP contribution < -0.4 is 5.69 Å². The molecule has 1 saturated heterocycles. The van der Waals surface area contributed by atoms with Crippen molar-refractivity contribution in [2.45, 2.75) is 50.6 Å². The van der Waals surface area contributed by atoms with Gasteiger partial charge in [0.25, 0.3) is 0 Å². The predicted octanol–water partition coefficient (Wildman–Crippen LogP) is 1.45. The third-order valence-electron chi connectivity index (χ3n) is 6.05. The van der Waals surface area contributed by atoms with E-state index in [9.17, 15) is 9.59 Å². The highest BCUT2D eigenvalue weighted by Gasteiger charge is 2.34. The molecule has 2 aromatic heterocycles. The van der Waals surface area contributed by atoms with E-state index >= 15 is 0 Å². The summed E-state index contributed by atoms with van der Waals surface area (Å²) >= 11 is 0. The molecule has 3 aromatic rings. The number of imidazole rings is 1. The summed E-state index contributed by atoms with van der Waals surface area (Å²) in [5.41, 5.74) is 1.71. The lowest BCUT2D eigenvalue weighted by Gasteiger charge is -2.34. The van der Waals surface area contributed by atoms with E-state index in [0.717, 1.165) is 49.7 Å². The first-order chi connectivity index (χ1) is 13.7. The van der Waals surface area contributed by atoms with Gasteiger partial charge in [0.05, 0.1) is 17.0 Å². The SMILES string of the molecule is O=C(C1CCCCn2nnnc21)N1CCC(n2c(=O)[nH]c3ccccc32)CC1. The summed E-state index contributed by atoms with van der Waals surface area (Å²) < 4.78 is 3.62. The van der Waals surface area contributed by atoms with Crippen molar-refractivity contribution >= 4 is 16.9 Å². The lowest BCUT2D eigenvalue weighted by atomic mass is 9.98. The molecule has 1 fully saturated rings. The van der Waals surface area contributed by atoms with E-state index in [2.05, 4.69) is 20.5 Å². The van der Waals surface area contributed by atoms with Crippen molar-refractivity contribution in [3.8, 4) is 0 Å². The number of piperidine rings is 1. The highest BCUT2D eigenvalue weighted by molar-refractivity contribution is 5.83. The van der Waals surface area contributed by atoms with Gasteiger partial charge in [0, 0.05) is 25.7 Å². The Bertz CT molecular complexity index is 1060. The summed E-state index contributed by atoms with van der Waals surface area (Å²) in [5, 5.41) is 11.9. The van der Waals surface area contributed by atoms with Crippen molar-refractivity contribution in [2.24, 2.45) is 0 Å². The zero-order valence-electron chi connectivity index (χ0n) is 15.6. The molecule has 0 saturated carbocycles. The zero-order valence-corrected chi connectivity index (χ0v) is 15.6. The normalized spacial score (nSPS) is 20.9. The number of H-pyrrole nitrogens is 1. The maximum Gasteiger partial charge on any atom is 0.326 e. The Morgan fingerprint density at radius 2 is 1.89 bits per heavy atom. The average Bonchev–Trinajstić information content (AvgIpc) is 3.25. The van der Waals surface area contributed by atoms with Crippen LogP contribution in [0.3, 0.4) is 0 Å². The van der Waals surface area contributed by atoms with Gasteiger partial charge < -0.3 is 9.88 Å². The molecule has 1 amide bonds. The van der Waals surface area contributed by atoms with Gasteiger partial charge in [-0.2, -0.15) is 0 Å². The Morgan fingerprint density at radius 1 is 1.07 bits per heavy atom. The van der Waals surface area contributed by atoms with E-state index in [1.807, 2.05) is 33.7 Å². The Morgan fingerprint density at radius 3 is 2.75 bits per heavy atom. The second-order valence-electron chi connectivity index (χ2n) is 7.68. The lowest BCUT2D eigenvalue weighted by Crippen LogP contribution is -2.43. The van der Waals surface area contributed by atoms with Gasteiger partial charge >= 0.3 is 5.69 Å². The van der Waals surface area contributed by atoms with Crippen LogP contribution in [0.15, 0.2) is 29.1 Å². The lowest BCUT2D eigenvalue weighted by molar-refractivity contribution is -0.134. The minimum atomic E-state index is -0.259. The molecule has 1 N–H and O–H groups in total. The van der Waals surface area contributed by atoms with E-state index in [0.29, 0.717) is 18.9 Å². The van der Waals surface area contributed by atoms with E-state index in [4.69, 9.17) is 0 Å². The number of aromatic nitrogens is 6. The fourth-order valence-corrected chi connectivity index (χ4v) is 4.60. The predicted molar refractivity (Wildman–Crippen MR) is 102 cm³/mol. The van der Waals surface area contributed by atoms with Crippen LogP contribution in [0.1, 0.15) is 49.9 Å². The van der Waals surface area contributed by atoms with Gasteiger partial charge in [0.1, 0.15) is 0 Å². The molecule has 2 aliphatic heterocycles. The molecule has 9 nitrogen and oxygen atoms in total. The smallest absolute Gasteiger partial charge is 0.326 e. The number of rotatable bonds is 2. The fourth-order valence-electron chi connectivity index (χ4n) is 4.60. The number of amides is 1. The molecule has 2 aliphatic rings. The molecule has 146 valence electrons. The molecule has 0 bridgehead atoms. The Kier molecular flexibility index (Phi) is 4.22. The van der Waals surface area contributed by atoms with Crippen molar-refractivity contribution < 1.29 is 4.79 Å². The van der Waals surface area contributed by atoms with Crippen LogP contribution in [0, 0.1) is 0 Å². The summed E-state index contributed by atoms with van der Waals surface area (Å²) in [4.78, 5) is 30.5. The summed E-state index contributed by atoms with van der Waals surface area (Å²) in [6.07, 6.45) is 4.31. The first kappa shape index (κ1) is 17.2. The maximum atomic E-state index is 13.2. The molecular weight excluding hydrogens is 358 g/mol. The number of aromatic amines is 1. The molecule has 1 unspecified atom stereocenters. The standard InChI is InChI=1S/C19H23N7O2/c27-18(14-5-3-4-10-25-17(14)21-22-23-25)24-11-8-13(9-12-24)26-16-7-2-1-6-15(16)20-19(26)28/h1-2,6-7,13-14H,3-5,8-12H2,(H,20,28). The monoisotopic (exact) mass is 381 g/mol. The number of tetrazole rings is 1. The van der Waals surface area contributed by atoms with Crippen LogP contribution in [-0.2, 0) is 11.3 Å². The number of carbonyl (C=O) groups is 1. The largest absolute Gasteiger partial charge is 0.342 e. The molecule has 28 heavy (non-hydrogen) atoms. The van der Waals surface area contributed by atoms with Crippen molar-refractivity contribution in [1.29, 1.82) is 0 Å². The van der Waals surface area contributed by atoms with Gasteiger partial charge in [-0.25, -0.2) is 9.48 Å². The van der Waals surface area contributed by atoms with Gasteiger partial charge in [0.15, 0.2) is 5.82 Å². The van der Waals surface area contributed by atoms with Crippen molar-refractivity contribution in [2.75, 3.05) is 13.1 Å². The molecule has 0 radical (unpaired) electrons. The summed E-state index contributed by atoms with van der Waals surface area (Å²) in [7, 11) is 0. The Hall–Kier alpha value is -2.97. The van der Waals surface area contributed by atoms with Gasteiger partial charge in [-0.3, -0.25) is 9.36 Å². The van der Waals surface area contributed by atoms with Crippen LogP contribution in [0.2, 0.25) is 0 Å². The molecule has 1 atom stereocenters. The van der Waals surface area contributed by atoms with Crippen LogP contribution >= 0.6 is 0 Å². The van der Waals surface area contributed by atoms with Crippen molar-refractivity contribution in [1.82, 2.24) is 34.7 Å². The number of nitrogens with one attached hydrogen (secondary N) is 1. The van der Waals surface area contributed by atoms with Crippen molar-refractivity contribution in [3.63, 3.8) is 0 Å². The quantitative estimate of drug-likeness (QED) is 0.724. The van der Waals surface area contributed by atoms with Gasteiger partial charge in [0.2, 0.25) is 5.91 Å². The Labute approximate surface area is 161 Å². The number of carbonyl (C=O) groups excluding carboxylic acids is 1. The molecule has 0 aliphatic carbocycles. The van der Waals surface area contributed by atoms with E-state index in [1.165, 1.54) is 0 Å². The van der Waals surface area contributed by atoms with Crippen LogP contribution in [0.5, 0.6) is 0 Å². The van der Waals surface area contributed by atoms with E-state index in [-0.39, 0.29) is 23.6 Å². The highest BCUT2D eigenvalue weighted by Crippen LogP contribution is 2.30. The maximum absolute atomic E-state index is 13.2. The second kappa shape index (κ2) is 6.88. The minimum Gasteiger partial charge on any atom is -0.342 e. The Balaban J connectivity index is 1.33. The summed E-state index contributed by atoms with van der Waals surface area (Å²) in [5.74, 6) is 0.546. The topological polar surface area (TPSA) is 102 Å². The summed E-state index contributed by atoms with van der Waals surface area (Å²) in [6.45, 7) is 2.07. The number of aryl methyl sites for hydroxylation is 1. The van der Waals surface area contributed by atoms with Crippen molar-refractivity contribution in [3.05, 3.63) is 40.6 Å². The number of hydrogen-bond acceptors (Lipinski definition) is 5. The molecule has 4 heterocycles. The zero-order chi connectivity index (χ0) is 19.1. The molecule has 0 spiro atoms. The first-order valence-corrected chi connectivity index (χ1v) is 9.96. The summed E-state index contributed by atoms with van der Waals surface area (Å²) in [6, 6.07) is 7.86. The number of fused-ring (bicyclic) bond motifs is 2. The molecule has 9 heteroatoms. The van der Waals surface area contributed by atoms with Gasteiger partial charge in [-0.15, -0.1) is 5.10 Å². The third kappa shape index (κ3) is 2.81. The fraction of sp³-hybridized carbons (Fsp3) is 0.526. The average molecular weight is 381 g/mol. The number of likely N-dealkylation sites (tertiary alicyclic amines) is 1. The van der Waals surface area contributed by atoms with Crippen LogP contribution in [-0.4, -0.2) is 53.7 Å². The molecule has 5 rings (SSSR count). The number of nitrogens with zero attached hydrogens (tertiary/aromatic N) is 6. The van der Waals surface area contributed by atoms with E-state index in [1.54, 1.807) is 4.68 Å². The minimum absolute atomic E-state index is 0.0751. The van der Waals surface area contributed by atoms with Crippen LogP contribution in [0.4, 0.5) is 0 Å². The third-order valence-corrected chi connectivity index (χ3v) is 6.05. The number of para-hydroxylation sites is 2. The molecular formula is C19H23N7O2. The molecule has 1 aromatic carbocycles.